The monoisotopic (exact) mass is 333 g/mol. The van der Waals surface area contributed by atoms with Gasteiger partial charge in [-0.15, -0.1) is 11.3 Å². The molecule has 0 N–H and O–H groups in total. The molecule has 0 aliphatic carbocycles. The van der Waals surface area contributed by atoms with Crippen molar-refractivity contribution in [2.45, 2.75) is 25.4 Å². The van der Waals surface area contributed by atoms with Crippen LogP contribution in [0.1, 0.15) is 34.2 Å². The first-order chi connectivity index (χ1) is 11.2. The lowest BCUT2D eigenvalue weighted by Gasteiger charge is -2.23. The molecule has 0 saturated carbocycles. The molecule has 1 amide bonds. The van der Waals surface area contributed by atoms with E-state index in [4.69, 9.17) is 4.74 Å². The summed E-state index contributed by atoms with van der Waals surface area (Å²) in [4.78, 5) is 27.7. The maximum atomic E-state index is 12.8. The number of ether oxygens (including phenoxy) is 1. The van der Waals surface area contributed by atoms with E-state index in [1.54, 1.807) is 18.4 Å². The Morgan fingerprint density at radius 1 is 1.43 bits per heavy atom. The zero-order valence-corrected chi connectivity index (χ0v) is 13.8. The second-order valence-electron chi connectivity index (χ2n) is 5.44. The number of thiophene rings is 1. The summed E-state index contributed by atoms with van der Waals surface area (Å²) in [7, 11) is 1.57. The maximum absolute atomic E-state index is 12.8. The number of amides is 1. The average Bonchev–Trinajstić information content (AvgIpc) is 3.24. The van der Waals surface area contributed by atoms with Gasteiger partial charge >= 0.3 is 0 Å². The lowest BCUT2D eigenvalue weighted by molar-refractivity contribution is 0.0728. The lowest BCUT2D eigenvalue weighted by Crippen LogP contribution is -2.33. The molecule has 0 radical (unpaired) electrons. The summed E-state index contributed by atoms with van der Waals surface area (Å²) >= 11 is 1.67. The van der Waals surface area contributed by atoms with Gasteiger partial charge in [0.05, 0.1) is 19.2 Å². The SMILES string of the molecule is COCCn1nc(C(=O)N2CCCC2c2cccs2)ccc1=O. The molecular weight excluding hydrogens is 314 g/mol. The highest BCUT2D eigenvalue weighted by molar-refractivity contribution is 7.10. The lowest BCUT2D eigenvalue weighted by atomic mass is 10.2. The first-order valence-electron chi connectivity index (χ1n) is 7.62. The third-order valence-corrected chi connectivity index (χ3v) is 4.95. The first kappa shape index (κ1) is 15.9. The molecule has 1 atom stereocenters. The van der Waals surface area contributed by atoms with Crippen molar-refractivity contribution in [1.29, 1.82) is 0 Å². The van der Waals surface area contributed by atoms with Crippen molar-refractivity contribution in [2.75, 3.05) is 20.3 Å². The first-order valence-corrected chi connectivity index (χ1v) is 8.50. The molecule has 1 aliphatic rings. The summed E-state index contributed by atoms with van der Waals surface area (Å²) in [6.45, 7) is 1.44. The normalized spacial score (nSPS) is 17.6. The van der Waals surface area contributed by atoms with Gasteiger partial charge in [0.2, 0.25) is 0 Å². The van der Waals surface area contributed by atoms with Crippen LogP contribution in [0, 0.1) is 0 Å². The van der Waals surface area contributed by atoms with E-state index in [2.05, 4.69) is 11.2 Å². The Labute approximate surface area is 138 Å². The van der Waals surface area contributed by atoms with Gasteiger partial charge < -0.3 is 9.64 Å². The maximum Gasteiger partial charge on any atom is 0.274 e. The van der Waals surface area contributed by atoms with Crippen LogP contribution in [0.4, 0.5) is 0 Å². The van der Waals surface area contributed by atoms with Crippen LogP contribution in [0.5, 0.6) is 0 Å². The molecule has 1 fully saturated rings. The quantitative estimate of drug-likeness (QED) is 0.839. The summed E-state index contributed by atoms with van der Waals surface area (Å²) in [5.41, 5.74) is 0.0824. The van der Waals surface area contributed by atoms with Crippen LogP contribution < -0.4 is 5.56 Å². The summed E-state index contributed by atoms with van der Waals surface area (Å²) < 4.78 is 6.26. The molecule has 1 unspecified atom stereocenters. The Morgan fingerprint density at radius 3 is 3.04 bits per heavy atom. The highest BCUT2D eigenvalue weighted by Crippen LogP contribution is 2.35. The Bertz CT molecular complexity index is 726. The van der Waals surface area contributed by atoms with Gasteiger partial charge in [0.25, 0.3) is 11.5 Å². The van der Waals surface area contributed by atoms with E-state index in [0.717, 1.165) is 19.4 Å². The number of hydrogen-bond acceptors (Lipinski definition) is 5. The minimum absolute atomic E-state index is 0.114. The fourth-order valence-electron chi connectivity index (χ4n) is 2.83. The van der Waals surface area contributed by atoms with Crippen LogP contribution in [0.25, 0.3) is 0 Å². The number of rotatable bonds is 5. The van der Waals surface area contributed by atoms with Gasteiger partial charge in [-0.05, 0) is 30.4 Å². The molecule has 23 heavy (non-hydrogen) atoms. The zero-order chi connectivity index (χ0) is 16.2. The number of nitrogens with zero attached hydrogens (tertiary/aromatic N) is 3. The van der Waals surface area contributed by atoms with Gasteiger partial charge in [-0.3, -0.25) is 9.59 Å². The van der Waals surface area contributed by atoms with Gasteiger partial charge in [-0.25, -0.2) is 4.68 Å². The Hall–Kier alpha value is -1.99. The van der Waals surface area contributed by atoms with E-state index in [0.29, 0.717) is 18.8 Å². The molecule has 1 aliphatic heterocycles. The molecule has 122 valence electrons. The van der Waals surface area contributed by atoms with Crippen molar-refractivity contribution < 1.29 is 9.53 Å². The van der Waals surface area contributed by atoms with E-state index >= 15 is 0 Å². The molecule has 2 aromatic heterocycles. The third-order valence-electron chi connectivity index (χ3n) is 3.98. The van der Waals surface area contributed by atoms with Crippen LogP contribution in [-0.4, -0.2) is 40.8 Å². The molecule has 2 aromatic rings. The fraction of sp³-hybridized carbons (Fsp3) is 0.438. The molecule has 1 saturated heterocycles. The largest absolute Gasteiger partial charge is 0.383 e. The fourth-order valence-corrected chi connectivity index (χ4v) is 3.71. The third kappa shape index (κ3) is 3.35. The minimum atomic E-state index is -0.227. The van der Waals surface area contributed by atoms with Crippen LogP contribution >= 0.6 is 11.3 Å². The van der Waals surface area contributed by atoms with Crippen molar-refractivity contribution in [1.82, 2.24) is 14.7 Å². The van der Waals surface area contributed by atoms with Gasteiger partial charge in [0.15, 0.2) is 0 Å². The average molecular weight is 333 g/mol. The summed E-state index contributed by atoms with van der Waals surface area (Å²) in [5, 5.41) is 6.23. The van der Waals surface area contributed by atoms with E-state index in [1.165, 1.54) is 21.7 Å². The highest BCUT2D eigenvalue weighted by atomic mass is 32.1. The Kier molecular flexibility index (Phi) is 4.88. The summed E-state index contributed by atoms with van der Waals surface area (Å²) in [5.74, 6) is -0.118. The second-order valence-corrected chi connectivity index (χ2v) is 6.42. The predicted molar refractivity (Wildman–Crippen MR) is 87.7 cm³/mol. The van der Waals surface area contributed by atoms with Crippen LogP contribution in [0.2, 0.25) is 0 Å². The summed E-state index contributed by atoms with van der Waals surface area (Å²) in [6.07, 6.45) is 1.95. The number of hydrogen-bond donors (Lipinski definition) is 0. The standard InChI is InChI=1S/C16H19N3O3S/c1-22-10-9-19-15(20)7-6-12(17-19)16(21)18-8-2-4-13(18)14-5-3-11-23-14/h3,5-7,11,13H,2,4,8-10H2,1H3. The van der Waals surface area contributed by atoms with Gasteiger partial charge in [-0.1, -0.05) is 6.07 Å². The van der Waals surface area contributed by atoms with E-state index < -0.39 is 0 Å². The predicted octanol–water partition coefficient (Wildman–Crippen LogP) is 1.93. The zero-order valence-electron chi connectivity index (χ0n) is 13.0. The minimum Gasteiger partial charge on any atom is -0.383 e. The molecule has 0 spiro atoms. The van der Waals surface area contributed by atoms with Crippen molar-refractivity contribution in [3.8, 4) is 0 Å². The molecule has 3 heterocycles. The number of methoxy groups -OCH3 is 1. The number of carbonyl (C=O) groups excluding carboxylic acids is 1. The molecule has 6 nitrogen and oxygen atoms in total. The van der Waals surface area contributed by atoms with Crippen LogP contribution in [0.15, 0.2) is 34.4 Å². The van der Waals surface area contributed by atoms with Gasteiger partial charge in [-0.2, -0.15) is 5.10 Å². The topological polar surface area (TPSA) is 64.4 Å². The van der Waals surface area contributed by atoms with Crippen LogP contribution in [0.3, 0.4) is 0 Å². The molecule has 3 rings (SSSR count). The van der Waals surface area contributed by atoms with Gasteiger partial charge in [0, 0.05) is 24.6 Å². The van der Waals surface area contributed by atoms with E-state index in [9.17, 15) is 9.59 Å². The number of carbonyl (C=O) groups is 1. The van der Waals surface area contributed by atoms with Crippen molar-refractivity contribution in [3.63, 3.8) is 0 Å². The van der Waals surface area contributed by atoms with E-state index in [-0.39, 0.29) is 17.5 Å². The van der Waals surface area contributed by atoms with Crippen molar-refractivity contribution in [2.24, 2.45) is 0 Å². The van der Waals surface area contributed by atoms with Gasteiger partial charge in [0.1, 0.15) is 5.69 Å². The Balaban J connectivity index is 1.83. The van der Waals surface area contributed by atoms with Crippen molar-refractivity contribution in [3.05, 3.63) is 50.6 Å². The highest BCUT2D eigenvalue weighted by Gasteiger charge is 2.32. The second kappa shape index (κ2) is 7.06. The van der Waals surface area contributed by atoms with Crippen molar-refractivity contribution >= 4 is 17.2 Å². The smallest absolute Gasteiger partial charge is 0.274 e. The molecular formula is C16H19N3O3S. The Morgan fingerprint density at radius 2 is 2.30 bits per heavy atom. The number of aromatic nitrogens is 2. The van der Waals surface area contributed by atoms with E-state index in [1.807, 2.05) is 16.3 Å². The van der Waals surface area contributed by atoms with Crippen LogP contribution in [-0.2, 0) is 11.3 Å². The summed E-state index contributed by atoms with van der Waals surface area (Å²) in [6, 6.07) is 7.09. The molecule has 7 heteroatoms. The molecule has 0 aromatic carbocycles. The molecule has 0 bridgehead atoms. The number of likely N-dealkylation sites (tertiary alicyclic amines) is 1.